The van der Waals surface area contributed by atoms with E-state index in [4.69, 9.17) is 0 Å². The molecule has 0 aliphatic heterocycles. The van der Waals surface area contributed by atoms with Gasteiger partial charge in [-0.05, 0) is 67.8 Å². The monoisotopic (exact) mass is 376 g/mol. The summed E-state index contributed by atoms with van der Waals surface area (Å²) in [4.78, 5) is 36.5. The highest BCUT2D eigenvalue weighted by Crippen LogP contribution is 2.67. The fraction of sp³-hybridized carbons (Fsp3) is 0.762. The van der Waals surface area contributed by atoms with E-state index in [9.17, 15) is 29.7 Å². The zero-order valence-corrected chi connectivity index (χ0v) is 15.7. The lowest BCUT2D eigenvalue weighted by atomic mass is 9.45. The molecule has 3 N–H and O–H groups in total. The average molecular weight is 376 g/mol. The smallest absolute Gasteiger partial charge is 0.190 e. The maximum Gasteiger partial charge on any atom is 0.190 e. The number of aliphatic hydroxyl groups excluding tert-OH is 2. The number of carbonyl (C=O) groups is 3. The summed E-state index contributed by atoms with van der Waals surface area (Å²) < 4.78 is 0. The SMILES string of the molecule is C[C@]12CCC(=O)C=C1CCC1C2C(O)C[C@@]2(C=O)C1CC[C@]2(O)C(=O)CO. The van der Waals surface area contributed by atoms with Gasteiger partial charge in [-0.25, -0.2) is 0 Å². The summed E-state index contributed by atoms with van der Waals surface area (Å²) in [5.74, 6) is -0.865. The molecule has 0 aromatic rings. The van der Waals surface area contributed by atoms with E-state index in [-0.39, 0.29) is 41.8 Å². The standard InChI is InChI=1S/C21H28O6/c1-19-6-4-13(24)8-12(19)2-3-14-15-5-7-21(27,17(26)10-22)20(15,11-23)9-16(25)18(14)19/h8,11,14-16,18,22,25,27H,2-7,9-10H2,1H3/t14?,15?,16?,18?,19-,20+,21-/m0/s1. The Labute approximate surface area is 158 Å². The van der Waals surface area contributed by atoms with E-state index in [0.717, 1.165) is 18.4 Å². The molecule has 4 aliphatic carbocycles. The Balaban J connectivity index is 1.77. The number of aldehydes is 1. The van der Waals surface area contributed by atoms with E-state index in [0.29, 0.717) is 25.5 Å². The van der Waals surface area contributed by atoms with Crippen LogP contribution in [0.5, 0.6) is 0 Å². The molecule has 0 heterocycles. The number of fused-ring (bicyclic) bond motifs is 5. The van der Waals surface area contributed by atoms with Crippen LogP contribution in [-0.2, 0) is 14.4 Å². The number of rotatable bonds is 3. The molecule has 3 saturated carbocycles. The Morgan fingerprint density at radius 2 is 2.04 bits per heavy atom. The summed E-state index contributed by atoms with van der Waals surface area (Å²) >= 11 is 0. The van der Waals surface area contributed by atoms with Crippen LogP contribution in [0, 0.1) is 28.6 Å². The molecular formula is C21H28O6. The lowest BCUT2D eigenvalue weighted by Gasteiger charge is -2.59. The second-order valence-electron chi connectivity index (χ2n) is 9.30. The number of hydrogen-bond acceptors (Lipinski definition) is 6. The van der Waals surface area contributed by atoms with Crippen LogP contribution in [0.1, 0.15) is 51.9 Å². The highest BCUT2D eigenvalue weighted by atomic mass is 16.3. The molecule has 6 nitrogen and oxygen atoms in total. The van der Waals surface area contributed by atoms with Crippen molar-refractivity contribution < 1.29 is 29.7 Å². The third-order valence-corrected chi connectivity index (χ3v) is 8.45. The van der Waals surface area contributed by atoms with E-state index in [2.05, 4.69) is 6.92 Å². The molecular weight excluding hydrogens is 348 g/mol. The van der Waals surface area contributed by atoms with Crippen LogP contribution in [-0.4, -0.2) is 51.5 Å². The van der Waals surface area contributed by atoms with Gasteiger partial charge in [0.15, 0.2) is 11.6 Å². The first-order valence-electron chi connectivity index (χ1n) is 9.98. The molecule has 3 fully saturated rings. The molecule has 4 unspecified atom stereocenters. The van der Waals surface area contributed by atoms with E-state index >= 15 is 0 Å². The second kappa shape index (κ2) is 6.06. The molecule has 6 heteroatoms. The predicted octanol–water partition coefficient (Wildman–Crippen LogP) is 0.961. The van der Waals surface area contributed by atoms with Crippen LogP contribution in [0.2, 0.25) is 0 Å². The van der Waals surface area contributed by atoms with Crippen molar-refractivity contribution in [3.63, 3.8) is 0 Å². The summed E-state index contributed by atoms with van der Waals surface area (Å²) in [6, 6.07) is 0. The molecule has 4 aliphatic rings. The van der Waals surface area contributed by atoms with Crippen LogP contribution >= 0.6 is 0 Å². The second-order valence-corrected chi connectivity index (χ2v) is 9.30. The number of ketones is 2. The largest absolute Gasteiger partial charge is 0.393 e. The Bertz CT molecular complexity index is 728. The normalized spacial score (nSPS) is 48.9. The van der Waals surface area contributed by atoms with Crippen molar-refractivity contribution in [2.45, 2.75) is 63.6 Å². The zero-order valence-electron chi connectivity index (χ0n) is 15.7. The lowest BCUT2D eigenvalue weighted by molar-refractivity contribution is -0.185. The minimum Gasteiger partial charge on any atom is -0.393 e. The molecule has 27 heavy (non-hydrogen) atoms. The lowest BCUT2D eigenvalue weighted by Crippen LogP contribution is -2.63. The van der Waals surface area contributed by atoms with Crippen molar-refractivity contribution >= 4 is 17.9 Å². The summed E-state index contributed by atoms with van der Waals surface area (Å²) in [5.41, 5.74) is -2.43. The Hall–Kier alpha value is -1.37. The van der Waals surface area contributed by atoms with Gasteiger partial charge in [0.1, 0.15) is 18.5 Å². The maximum absolute atomic E-state index is 12.4. The predicted molar refractivity (Wildman–Crippen MR) is 95.5 cm³/mol. The van der Waals surface area contributed by atoms with E-state index in [1.807, 2.05) is 0 Å². The molecule has 0 aromatic carbocycles. The van der Waals surface area contributed by atoms with Gasteiger partial charge in [-0.15, -0.1) is 0 Å². The quantitative estimate of drug-likeness (QED) is 0.633. The van der Waals surface area contributed by atoms with Crippen LogP contribution < -0.4 is 0 Å². The zero-order chi connectivity index (χ0) is 19.6. The van der Waals surface area contributed by atoms with Crippen molar-refractivity contribution in [1.29, 1.82) is 0 Å². The summed E-state index contributed by atoms with van der Waals surface area (Å²) in [7, 11) is 0. The minimum absolute atomic E-state index is 0.00909. The van der Waals surface area contributed by atoms with Crippen LogP contribution in [0.4, 0.5) is 0 Å². The van der Waals surface area contributed by atoms with Gasteiger partial charge >= 0.3 is 0 Å². The molecule has 7 atom stereocenters. The molecule has 148 valence electrons. The average Bonchev–Trinajstić information content (AvgIpc) is 2.95. The molecule has 0 spiro atoms. The molecule has 0 saturated heterocycles. The molecule has 0 amide bonds. The Morgan fingerprint density at radius 1 is 1.30 bits per heavy atom. The number of hydrogen-bond donors (Lipinski definition) is 3. The van der Waals surface area contributed by atoms with Crippen LogP contribution in [0.25, 0.3) is 0 Å². The van der Waals surface area contributed by atoms with E-state index in [1.165, 1.54) is 0 Å². The fourth-order valence-corrected chi connectivity index (χ4v) is 7.16. The molecule has 0 bridgehead atoms. The van der Waals surface area contributed by atoms with Gasteiger partial charge in [-0.2, -0.15) is 0 Å². The van der Waals surface area contributed by atoms with Gasteiger partial charge in [0.25, 0.3) is 0 Å². The van der Waals surface area contributed by atoms with Crippen molar-refractivity contribution in [3.05, 3.63) is 11.6 Å². The molecule has 0 aromatic heterocycles. The van der Waals surface area contributed by atoms with Gasteiger partial charge in [0.2, 0.25) is 0 Å². The summed E-state index contributed by atoms with van der Waals surface area (Å²) in [5, 5.41) is 31.6. The van der Waals surface area contributed by atoms with Gasteiger partial charge in [-0.3, -0.25) is 9.59 Å². The first kappa shape index (κ1) is 19.0. The van der Waals surface area contributed by atoms with Crippen molar-refractivity contribution in [3.8, 4) is 0 Å². The van der Waals surface area contributed by atoms with E-state index in [1.54, 1.807) is 6.08 Å². The minimum atomic E-state index is -1.90. The first-order valence-corrected chi connectivity index (χ1v) is 9.98. The molecule has 4 rings (SSSR count). The van der Waals surface area contributed by atoms with Gasteiger partial charge in [0.05, 0.1) is 11.5 Å². The number of carbonyl (C=O) groups excluding carboxylic acids is 3. The van der Waals surface area contributed by atoms with Gasteiger partial charge in [0, 0.05) is 6.42 Å². The van der Waals surface area contributed by atoms with E-state index < -0.39 is 29.5 Å². The van der Waals surface area contributed by atoms with Gasteiger partial charge < -0.3 is 20.1 Å². The number of aliphatic hydroxyl groups is 3. The van der Waals surface area contributed by atoms with Crippen molar-refractivity contribution in [1.82, 2.24) is 0 Å². The first-order chi connectivity index (χ1) is 12.7. The summed E-state index contributed by atoms with van der Waals surface area (Å²) in [6.45, 7) is 1.30. The van der Waals surface area contributed by atoms with Crippen molar-refractivity contribution in [2.24, 2.45) is 28.6 Å². The fourth-order valence-electron chi connectivity index (χ4n) is 7.16. The van der Waals surface area contributed by atoms with Gasteiger partial charge in [-0.1, -0.05) is 12.5 Å². The highest BCUT2D eigenvalue weighted by Gasteiger charge is 2.70. The maximum atomic E-state index is 12.4. The van der Waals surface area contributed by atoms with Crippen molar-refractivity contribution in [2.75, 3.05) is 6.61 Å². The highest BCUT2D eigenvalue weighted by molar-refractivity contribution is 5.93. The summed E-state index contributed by atoms with van der Waals surface area (Å²) in [6.07, 6.45) is 4.92. The Morgan fingerprint density at radius 3 is 2.70 bits per heavy atom. The topological polar surface area (TPSA) is 112 Å². The molecule has 0 radical (unpaired) electrons. The van der Waals surface area contributed by atoms with Crippen LogP contribution in [0.15, 0.2) is 11.6 Å². The number of Topliss-reactive ketones (excluding diaryl/α,β-unsaturated/α-hetero) is 1. The Kier molecular flexibility index (Phi) is 4.26. The third-order valence-electron chi connectivity index (χ3n) is 8.45. The number of allylic oxidation sites excluding steroid dienone is 1. The van der Waals surface area contributed by atoms with Crippen LogP contribution in [0.3, 0.4) is 0 Å². The third kappa shape index (κ3) is 2.26.